The van der Waals surface area contributed by atoms with Crippen LogP contribution in [0.1, 0.15) is 5.69 Å². The van der Waals surface area contributed by atoms with Gasteiger partial charge in [-0.25, -0.2) is 4.79 Å². The van der Waals surface area contributed by atoms with Crippen molar-refractivity contribution >= 4 is 17.0 Å². The number of fused-ring (bicyclic) bond motifs is 1. The third kappa shape index (κ3) is 3.37. The van der Waals surface area contributed by atoms with E-state index >= 15 is 0 Å². The summed E-state index contributed by atoms with van der Waals surface area (Å²) in [6.45, 7) is 0.139. The van der Waals surface area contributed by atoms with Gasteiger partial charge in [-0.1, -0.05) is 18.2 Å². The molecule has 8 nitrogen and oxygen atoms in total. The number of nitrogens with one attached hydrogen (secondary N) is 1. The monoisotopic (exact) mass is 363 g/mol. The number of aromatic nitrogens is 4. The summed E-state index contributed by atoms with van der Waals surface area (Å²) in [5.74, 6) is -0.852. The van der Waals surface area contributed by atoms with Crippen molar-refractivity contribution in [3.63, 3.8) is 0 Å². The van der Waals surface area contributed by atoms with Crippen molar-refractivity contribution < 1.29 is 9.21 Å². The van der Waals surface area contributed by atoms with Crippen molar-refractivity contribution in [1.82, 2.24) is 24.6 Å². The minimum Gasteiger partial charge on any atom is -0.408 e. The molecule has 8 heteroatoms. The summed E-state index contributed by atoms with van der Waals surface area (Å²) >= 11 is 0. The Labute approximate surface area is 154 Å². The molecule has 0 aliphatic heterocycles. The van der Waals surface area contributed by atoms with E-state index in [0.29, 0.717) is 16.8 Å². The molecular formula is C19H17N5O3. The van der Waals surface area contributed by atoms with Crippen LogP contribution in [0, 0.1) is 0 Å². The number of nitrogens with zero attached hydrogens (tertiary/aromatic N) is 4. The van der Waals surface area contributed by atoms with Crippen molar-refractivity contribution in [2.75, 3.05) is 0 Å². The number of carbonyl (C=O) groups is 1. The molecule has 0 aliphatic rings. The summed E-state index contributed by atoms with van der Waals surface area (Å²) < 4.78 is 8.16. The number of rotatable bonds is 5. The molecule has 0 fully saturated rings. The predicted octanol–water partition coefficient (Wildman–Crippen LogP) is 1.71. The number of hydrogen-bond acceptors (Lipinski definition) is 5. The van der Waals surface area contributed by atoms with Crippen LogP contribution in [0.25, 0.3) is 22.5 Å². The molecule has 3 heterocycles. The molecule has 1 N–H and O–H groups in total. The van der Waals surface area contributed by atoms with E-state index in [0.717, 1.165) is 11.4 Å². The van der Waals surface area contributed by atoms with Crippen LogP contribution in [-0.2, 0) is 24.9 Å². The lowest BCUT2D eigenvalue weighted by atomic mass is 10.2. The summed E-state index contributed by atoms with van der Waals surface area (Å²) in [6.07, 6.45) is 1.72. The normalized spacial score (nSPS) is 11.0. The molecule has 0 atom stereocenters. The zero-order valence-electron chi connectivity index (χ0n) is 14.6. The molecule has 0 radical (unpaired) electrons. The van der Waals surface area contributed by atoms with Crippen LogP contribution < -0.4 is 11.1 Å². The number of benzene rings is 1. The molecular weight excluding hydrogens is 346 g/mol. The second-order valence-corrected chi connectivity index (χ2v) is 6.06. The Balaban J connectivity index is 1.45. The van der Waals surface area contributed by atoms with Crippen LogP contribution >= 0.6 is 0 Å². The van der Waals surface area contributed by atoms with Gasteiger partial charge in [-0.3, -0.25) is 19.0 Å². The van der Waals surface area contributed by atoms with Crippen LogP contribution in [-0.4, -0.2) is 25.2 Å². The quantitative estimate of drug-likeness (QED) is 0.582. The van der Waals surface area contributed by atoms with E-state index in [-0.39, 0.29) is 19.0 Å². The lowest BCUT2D eigenvalue weighted by Gasteiger charge is -2.04. The van der Waals surface area contributed by atoms with E-state index in [4.69, 9.17) is 4.42 Å². The molecule has 136 valence electrons. The summed E-state index contributed by atoms with van der Waals surface area (Å²) in [4.78, 5) is 28.5. The fourth-order valence-electron chi connectivity index (χ4n) is 2.92. The molecule has 0 saturated carbocycles. The third-order valence-electron chi connectivity index (χ3n) is 4.20. The van der Waals surface area contributed by atoms with E-state index in [1.54, 1.807) is 35.1 Å². The van der Waals surface area contributed by atoms with Crippen molar-refractivity contribution in [3.05, 3.63) is 71.0 Å². The Hall–Kier alpha value is -3.68. The minimum atomic E-state index is -0.554. The first-order valence-corrected chi connectivity index (χ1v) is 8.41. The average molecular weight is 363 g/mol. The van der Waals surface area contributed by atoms with E-state index in [1.165, 1.54) is 4.57 Å². The number of hydrogen-bond donors (Lipinski definition) is 1. The maximum Gasteiger partial charge on any atom is 0.420 e. The highest BCUT2D eigenvalue weighted by Crippen LogP contribution is 2.17. The SMILES string of the molecule is Cn1nc(CNC(=O)Cn2c(=O)oc3ccccc32)cc1-c1ccccn1. The standard InChI is InChI=1S/C19H17N5O3/c1-23-16(14-6-4-5-9-20-14)10-13(22-23)11-21-18(25)12-24-15-7-2-3-8-17(15)27-19(24)26/h2-10H,11-12H2,1H3,(H,21,25). The van der Waals surface area contributed by atoms with E-state index in [1.807, 2.05) is 31.3 Å². The highest BCUT2D eigenvalue weighted by atomic mass is 16.4. The maximum atomic E-state index is 12.3. The molecule has 4 aromatic rings. The average Bonchev–Trinajstić information content (AvgIpc) is 3.21. The Kier molecular flexibility index (Phi) is 4.29. The molecule has 0 aliphatic carbocycles. The zero-order chi connectivity index (χ0) is 18.8. The van der Waals surface area contributed by atoms with Gasteiger partial charge in [0.05, 0.1) is 29.1 Å². The number of amides is 1. The fraction of sp³-hybridized carbons (Fsp3) is 0.158. The number of pyridine rings is 1. The van der Waals surface area contributed by atoms with Gasteiger partial charge in [0.15, 0.2) is 5.58 Å². The van der Waals surface area contributed by atoms with E-state index in [2.05, 4.69) is 15.4 Å². The Morgan fingerprint density at radius 3 is 2.81 bits per heavy atom. The lowest BCUT2D eigenvalue weighted by molar-refractivity contribution is -0.121. The van der Waals surface area contributed by atoms with Gasteiger partial charge in [0.1, 0.15) is 6.54 Å². The minimum absolute atomic E-state index is 0.115. The smallest absolute Gasteiger partial charge is 0.408 e. The van der Waals surface area contributed by atoms with E-state index in [9.17, 15) is 9.59 Å². The first kappa shape index (κ1) is 16.8. The highest BCUT2D eigenvalue weighted by molar-refractivity contribution is 5.79. The zero-order valence-corrected chi connectivity index (χ0v) is 14.6. The van der Waals surface area contributed by atoms with Gasteiger partial charge in [0, 0.05) is 13.2 Å². The molecule has 0 bridgehead atoms. The molecule has 27 heavy (non-hydrogen) atoms. The van der Waals surface area contributed by atoms with Gasteiger partial charge >= 0.3 is 5.76 Å². The number of aryl methyl sites for hydroxylation is 1. The maximum absolute atomic E-state index is 12.3. The lowest BCUT2D eigenvalue weighted by Crippen LogP contribution is -2.30. The van der Waals surface area contributed by atoms with Crippen LogP contribution in [0.4, 0.5) is 0 Å². The number of carbonyl (C=O) groups excluding carboxylic acids is 1. The molecule has 4 rings (SSSR count). The van der Waals surface area contributed by atoms with E-state index < -0.39 is 5.76 Å². The van der Waals surface area contributed by atoms with Gasteiger partial charge in [0.25, 0.3) is 0 Å². The molecule has 0 spiro atoms. The van der Waals surface area contributed by atoms with Gasteiger partial charge in [0.2, 0.25) is 5.91 Å². The first-order valence-electron chi connectivity index (χ1n) is 8.41. The summed E-state index contributed by atoms with van der Waals surface area (Å²) in [7, 11) is 1.83. The highest BCUT2D eigenvalue weighted by Gasteiger charge is 2.13. The number of oxazole rings is 1. The summed E-state index contributed by atoms with van der Waals surface area (Å²) in [5, 5.41) is 7.18. The summed E-state index contributed by atoms with van der Waals surface area (Å²) in [6, 6.07) is 14.5. The second kappa shape index (κ2) is 6.91. The molecule has 3 aromatic heterocycles. The predicted molar refractivity (Wildman–Crippen MR) is 98.8 cm³/mol. The largest absolute Gasteiger partial charge is 0.420 e. The van der Waals surface area contributed by atoms with Gasteiger partial charge < -0.3 is 9.73 Å². The molecule has 0 saturated heterocycles. The van der Waals surface area contributed by atoms with Crippen molar-refractivity contribution in [2.24, 2.45) is 7.05 Å². The van der Waals surface area contributed by atoms with Crippen molar-refractivity contribution in [3.8, 4) is 11.4 Å². The van der Waals surface area contributed by atoms with Crippen LogP contribution in [0.3, 0.4) is 0 Å². The first-order chi connectivity index (χ1) is 13.1. The Bertz CT molecular complexity index is 1160. The van der Waals surface area contributed by atoms with Crippen LogP contribution in [0.5, 0.6) is 0 Å². The summed E-state index contributed by atoms with van der Waals surface area (Å²) in [5.41, 5.74) is 3.42. The van der Waals surface area contributed by atoms with Crippen LogP contribution in [0.15, 0.2) is 63.9 Å². The topological polar surface area (TPSA) is 95.0 Å². The Morgan fingerprint density at radius 2 is 2.00 bits per heavy atom. The second-order valence-electron chi connectivity index (χ2n) is 6.06. The fourth-order valence-corrected chi connectivity index (χ4v) is 2.92. The van der Waals surface area contributed by atoms with Crippen LogP contribution in [0.2, 0.25) is 0 Å². The van der Waals surface area contributed by atoms with Crippen molar-refractivity contribution in [1.29, 1.82) is 0 Å². The third-order valence-corrected chi connectivity index (χ3v) is 4.20. The Morgan fingerprint density at radius 1 is 1.19 bits per heavy atom. The molecule has 0 unspecified atom stereocenters. The molecule has 1 aromatic carbocycles. The van der Waals surface area contributed by atoms with Gasteiger partial charge in [-0.05, 0) is 30.3 Å². The number of para-hydroxylation sites is 2. The van der Waals surface area contributed by atoms with Gasteiger partial charge in [-0.15, -0.1) is 0 Å². The van der Waals surface area contributed by atoms with Gasteiger partial charge in [-0.2, -0.15) is 5.10 Å². The van der Waals surface area contributed by atoms with Crippen molar-refractivity contribution in [2.45, 2.75) is 13.1 Å². The molecule has 1 amide bonds.